The number of nitrogens with two attached hydrogens (primary N) is 1. The van der Waals surface area contributed by atoms with Gasteiger partial charge in [0.2, 0.25) is 5.91 Å². The lowest BCUT2D eigenvalue weighted by Crippen LogP contribution is -2.42. The van der Waals surface area contributed by atoms with Crippen molar-refractivity contribution in [2.45, 2.75) is 64.5 Å². The summed E-state index contributed by atoms with van der Waals surface area (Å²) in [5.74, 6) is 0.0608. The number of amides is 1. The minimum Gasteiger partial charge on any atom is -0.347 e. The van der Waals surface area contributed by atoms with Gasteiger partial charge < -0.3 is 11.1 Å². The quantitative estimate of drug-likeness (QED) is 0.839. The first-order valence-electron chi connectivity index (χ1n) is 7.62. The number of carbonyl (C=O) groups is 1. The van der Waals surface area contributed by atoms with Crippen molar-refractivity contribution < 1.29 is 4.79 Å². The van der Waals surface area contributed by atoms with Crippen LogP contribution in [0.4, 0.5) is 0 Å². The summed E-state index contributed by atoms with van der Waals surface area (Å²) in [6.45, 7) is 4.11. The molecule has 1 aromatic heterocycles. The second kappa shape index (κ2) is 7.18. The number of hydrogen-bond donors (Lipinski definition) is 2. The molecular formula is C15H25N3OS. The van der Waals surface area contributed by atoms with Crippen molar-refractivity contribution in [2.75, 3.05) is 0 Å². The molecule has 1 aliphatic carbocycles. The smallest absolute Gasteiger partial charge is 0.225 e. The fourth-order valence-electron chi connectivity index (χ4n) is 2.73. The third-order valence-corrected chi connectivity index (χ3v) is 5.38. The molecule has 1 aliphatic rings. The largest absolute Gasteiger partial charge is 0.347 e. The predicted octanol–water partition coefficient (Wildman–Crippen LogP) is 2.79. The number of aromatic nitrogens is 1. The highest BCUT2D eigenvalue weighted by Crippen LogP contribution is 2.25. The van der Waals surface area contributed by atoms with Crippen LogP contribution in [0, 0.1) is 5.92 Å². The first kappa shape index (κ1) is 15.4. The molecular weight excluding hydrogens is 270 g/mol. The number of nitrogens with zero attached hydrogens (tertiary/aromatic N) is 1. The van der Waals surface area contributed by atoms with E-state index in [1.165, 1.54) is 11.3 Å². The molecule has 0 saturated heterocycles. The van der Waals surface area contributed by atoms with Gasteiger partial charge in [0.05, 0.1) is 12.0 Å². The molecule has 0 bridgehead atoms. The van der Waals surface area contributed by atoms with Crippen LogP contribution >= 0.6 is 11.3 Å². The summed E-state index contributed by atoms with van der Waals surface area (Å²) < 4.78 is 0. The van der Waals surface area contributed by atoms with E-state index in [1.807, 2.05) is 13.1 Å². The van der Waals surface area contributed by atoms with Crippen molar-refractivity contribution in [3.63, 3.8) is 0 Å². The Morgan fingerprint density at radius 3 is 2.95 bits per heavy atom. The van der Waals surface area contributed by atoms with Gasteiger partial charge in [0, 0.05) is 17.1 Å². The molecule has 1 saturated carbocycles. The Balaban J connectivity index is 1.95. The lowest BCUT2D eigenvalue weighted by atomic mass is 9.94. The van der Waals surface area contributed by atoms with Crippen molar-refractivity contribution in [1.29, 1.82) is 0 Å². The minimum atomic E-state index is -0.0365. The third-order valence-electron chi connectivity index (χ3n) is 4.06. The molecule has 1 aromatic rings. The van der Waals surface area contributed by atoms with Crippen molar-refractivity contribution in [3.8, 4) is 0 Å². The highest BCUT2D eigenvalue weighted by Gasteiger charge is 2.28. The van der Waals surface area contributed by atoms with Crippen LogP contribution in [0.15, 0.2) is 6.20 Å². The van der Waals surface area contributed by atoms with Crippen LogP contribution in [-0.2, 0) is 11.2 Å². The van der Waals surface area contributed by atoms with Crippen LogP contribution in [0.1, 0.15) is 61.9 Å². The van der Waals surface area contributed by atoms with Gasteiger partial charge in [-0.1, -0.05) is 26.2 Å². The van der Waals surface area contributed by atoms with E-state index in [0.29, 0.717) is 0 Å². The van der Waals surface area contributed by atoms with Gasteiger partial charge in [0.1, 0.15) is 5.01 Å². The molecule has 3 N–H and O–H groups in total. The summed E-state index contributed by atoms with van der Waals surface area (Å²) in [5, 5.41) is 4.07. The fraction of sp³-hybridized carbons (Fsp3) is 0.733. The average molecular weight is 295 g/mol. The van der Waals surface area contributed by atoms with E-state index < -0.39 is 0 Å². The number of carbonyl (C=O) groups excluding carboxylic acids is 1. The number of nitrogens with one attached hydrogen (secondary N) is 1. The van der Waals surface area contributed by atoms with Gasteiger partial charge in [-0.2, -0.15) is 0 Å². The topological polar surface area (TPSA) is 68.0 Å². The average Bonchev–Trinajstić information content (AvgIpc) is 2.81. The summed E-state index contributed by atoms with van der Waals surface area (Å²) in [4.78, 5) is 18.1. The monoisotopic (exact) mass is 295 g/mol. The molecule has 1 heterocycles. The van der Waals surface area contributed by atoms with E-state index in [9.17, 15) is 4.79 Å². The maximum Gasteiger partial charge on any atom is 0.225 e. The third kappa shape index (κ3) is 3.79. The number of aryl methyl sites for hydroxylation is 1. The lowest BCUT2D eigenvalue weighted by molar-refractivity contribution is -0.126. The van der Waals surface area contributed by atoms with Crippen molar-refractivity contribution >= 4 is 17.2 Å². The highest BCUT2D eigenvalue weighted by molar-refractivity contribution is 7.11. The molecule has 1 amide bonds. The Morgan fingerprint density at radius 1 is 1.50 bits per heavy atom. The van der Waals surface area contributed by atoms with Crippen LogP contribution < -0.4 is 11.1 Å². The molecule has 0 radical (unpaired) electrons. The minimum absolute atomic E-state index is 0.00666. The SMILES string of the molecule is CCc1cnc(C(C)NC(=O)C2CCCCCC2N)s1. The summed E-state index contributed by atoms with van der Waals surface area (Å²) in [7, 11) is 0. The molecule has 5 heteroatoms. The fourth-order valence-corrected chi connectivity index (χ4v) is 3.59. The lowest BCUT2D eigenvalue weighted by Gasteiger charge is -2.22. The van der Waals surface area contributed by atoms with E-state index in [-0.39, 0.29) is 23.9 Å². The van der Waals surface area contributed by atoms with Crippen LogP contribution in [0.2, 0.25) is 0 Å². The number of hydrogen-bond acceptors (Lipinski definition) is 4. The molecule has 4 nitrogen and oxygen atoms in total. The molecule has 112 valence electrons. The Morgan fingerprint density at radius 2 is 2.25 bits per heavy atom. The molecule has 3 atom stereocenters. The summed E-state index contributed by atoms with van der Waals surface area (Å²) >= 11 is 1.68. The van der Waals surface area contributed by atoms with Crippen molar-refractivity contribution in [3.05, 3.63) is 16.1 Å². The van der Waals surface area contributed by atoms with Gasteiger partial charge in [-0.05, 0) is 26.2 Å². The Kier molecular flexibility index (Phi) is 5.54. The first-order chi connectivity index (χ1) is 9.61. The Bertz CT molecular complexity index is 446. The van der Waals surface area contributed by atoms with Gasteiger partial charge >= 0.3 is 0 Å². The summed E-state index contributed by atoms with van der Waals surface area (Å²) in [6.07, 6.45) is 8.22. The van der Waals surface area contributed by atoms with Crippen LogP contribution in [0.5, 0.6) is 0 Å². The van der Waals surface area contributed by atoms with E-state index in [4.69, 9.17) is 5.73 Å². The molecule has 0 spiro atoms. The zero-order valence-corrected chi connectivity index (χ0v) is 13.2. The maximum atomic E-state index is 12.4. The Labute approximate surface area is 125 Å². The van der Waals surface area contributed by atoms with Crippen molar-refractivity contribution in [1.82, 2.24) is 10.3 Å². The van der Waals surface area contributed by atoms with Crippen LogP contribution in [0.3, 0.4) is 0 Å². The molecule has 3 unspecified atom stereocenters. The van der Waals surface area contributed by atoms with E-state index in [2.05, 4.69) is 17.2 Å². The molecule has 0 aliphatic heterocycles. The number of rotatable bonds is 4. The van der Waals surface area contributed by atoms with Crippen LogP contribution in [0.25, 0.3) is 0 Å². The van der Waals surface area contributed by atoms with Gasteiger partial charge in [-0.25, -0.2) is 4.98 Å². The summed E-state index contributed by atoms with van der Waals surface area (Å²) in [6, 6.07) is -0.0181. The van der Waals surface area contributed by atoms with E-state index in [1.54, 1.807) is 11.3 Å². The Hall–Kier alpha value is -0.940. The van der Waals surface area contributed by atoms with E-state index in [0.717, 1.165) is 37.1 Å². The highest BCUT2D eigenvalue weighted by atomic mass is 32.1. The second-order valence-electron chi connectivity index (χ2n) is 5.66. The van der Waals surface area contributed by atoms with Crippen molar-refractivity contribution in [2.24, 2.45) is 11.7 Å². The maximum absolute atomic E-state index is 12.4. The van der Waals surface area contributed by atoms with Gasteiger partial charge in [-0.3, -0.25) is 4.79 Å². The second-order valence-corrected chi connectivity index (χ2v) is 6.80. The first-order valence-corrected chi connectivity index (χ1v) is 8.44. The van der Waals surface area contributed by atoms with Gasteiger partial charge in [0.15, 0.2) is 0 Å². The van der Waals surface area contributed by atoms with Gasteiger partial charge in [0.25, 0.3) is 0 Å². The molecule has 2 rings (SSSR count). The number of thiazole rings is 1. The normalized spacial score (nSPS) is 24.9. The van der Waals surface area contributed by atoms with E-state index >= 15 is 0 Å². The zero-order chi connectivity index (χ0) is 14.5. The zero-order valence-electron chi connectivity index (χ0n) is 12.4. The molecule has 1 fully saturated rings. The van der Waals surface area contributed by atoms with Crippen LogP contribution in [-0.4, -0.2) is 16.9 Å². The molecule has 20 heavy (non-hydrogen) atoms. The molecule has 0 aromatic carbocycles. The standard InChI is InChI=1S/C15H25N3OS/c1-3-11-9-17-15(20-11)10(2)18-14(19)12-7-5-4-6-8-13(12)16/h9-10,12-13H,3-8,16H2,1-2H3,(H,18,19). The predicted molar refractivity (Wildman–Crippen MR) is 82.6 cm³/mol. The van der Waals surface area contributed by atoms with Gasteiger partial charge in [-0.15, -0.1) is 11.3 Å². The summed E-state index contributed by atoms with van der Waals surface area (Å²) in [5.41, 5.74) is 6.15.